The second kappa shape index (κ2) is 35.7. The van der Waals surface area contributed by atoms with Crippen molar-refractivity contribution in [2.24, 2.45) is 27.9 Å². The summed E-state index contributed by atoms with van der Waals surface area (Å²) >= 11 is 8.07. The van der Waals surface area contributed by atoms with Gasteiger partial charge in [0, 0.05) is 43.7 Å². The molecule has 3 aromatic carbocycles. The number of thiol groups is 2. The summed E-state index contributed by atoms with van der Waals surface area (Å²) in [5, 5.41) is 50.7. The van der Waals surface area contributed by atoms with Gasteiger partial charge in [0.2, 0.25) is 59.1 Å². The number of phenols is 1. The van der Waals surface area contributed by atoms with Crippen molar-refractivity contribution in [3.05, 3.63) is 102 Å². The van der Waals surface area contributed by atoms with Crippen LogP contribution in [0.5, 0.6) is 5.75 Å². The fraction of sp³-hybridized carbons (Fsp3) is 0.404. The summed E-state index contributed by atoms with van der Waals surface area (Å²) in [4.78, 5) is 161. The van der Waals surface area contributed by atoms with Gasteiger partial charge in [-0.1, -0.05) is 72.8 Å². The van der Waals surface area contributed by atoms with E-state index in [2.05, 4.69) is 78.1 Å². The number of aliphatic imine (C=N–C) groups is 1. The van der Waals surface area contributed by atoms with E-state index in [-0.39, 0.29) is 61.9 Å². The highest BCUT2D eigenvalue weighted by molar-refractivity contribution is 7.80. The predicted molar refractivity (Wildman–Crippen MR) is 306 cm³/mol. The fourth-order valence-electron chi connectivity index (χ4n) is 7.62. The maximum absolute atomic E-state index is 14.5. The summed E-state index contributed by atoms with van der Waals surface area (Å²) < 4.78 is 0. The molecule has 31 heteroatoms. The molecule has 0 radical (unpaired) electrons. The maximum atomic E-state index is 14.5. The number of nitrogens with zero attached hydrogens (tertiary/aromatic N) is 1. The van der Waals surface area contributed by atoms with Crippen molar-refractivity contribution in [1.29, 1.82) is 0 Å². The monoisotopic (exact) mass is 1190 g/mol. The molecule has 450 valence electrons. The van der Waals surface area contributed by atoms with Crippen LogP contribution in [0.1, 0.15) is 48.8 Å². The zero-order valence-electron chi connectivity index (χ0n) is 44.8. The molecule has 83 heavy (non-hydrogen) atoms. The van der Waals surface area contributed by atoms with Crippen LogP contribution in [0, 0.1) is 0 Å². The molecule has 3 rings (SSSR count). The van der Waals surface area contributed by atoms with Gasteiger partial charge in [-0.3, -0.25) is 57.7 Å². The first kappa shape index (κ1) is 68.3. The lowest BCUT2D eigenvalue weighted by atomic mass is 10.0. The number of benzene rings is 3. The number of rotatable bonds is 36. The number of hydrogen-bond donors (Lipinski definition) is 18. The fourth-order valence-corrected chi connectivity index (χ4v) is 8.05. The lowest BCUT2D eigenvalue weighted by molar-refractivity contribution is -0.143. The van der Waals surface area contributed by atoms with Crippen molar-refractivity contribution >= 4 is 102 Å². The van der Waals surface area contributed by atoms with Crippen LogP contribution in [0.25, 0.3) is 0 Å². The number of carbonyl (C=O) groups excluding carboxylic acids is 10. The smallest absolute Gasteiger partial charge is 0.326 e. The minimum absolute atomic E-state index is 0.0197. The molecular formula is C52H70N14O15S2. The molecule has 0 unspecified atom stereocenters. The second-order valence-electron chi connectivity index (χ2n) is 18.6. The third-order valence-electron chi connectivity index (χ3n) is 12.0. The first-order valence-electron chi connectivity index (χ1n) is 25.7. The molecule has 10 amide bonds. The third-order valence-corrected chi connectivity index (χ3v) is 12.7. The van der Waals surface area contributed by atoms with E-state index in [4.69, 9.17) is 22.9 Å². The maximum Gasteiger partial charge on any atom is 0.326 e. The van der Waals surface area contributed by atoms with Gasteiger partial charge in [-0.2, -0.15) is 25.3 Å². The van der Waals surface area contributed by atoms with Crippen LogP contribution in [0.3, 0.4) is 0 Å². The minimum atomic E-state index is -1.76. The highest BCUT2D eigenvalue weighted by atomic mass is 32.1. The van der Waals surface area contributed by atoms with Gasteiger partial charge in [0.1, 0.15) is 48.0 Å². The third kappa shape index (κ3) is 26.0. The summed E-state index contributed by atoms with van der Waals surface area (Å²) in [7, 11) is 0. The van der Waals surface area contributed by atoms with E-state index >= 15 is 0 Å². The number of nitrogens with two attached hydrogens (primary N) is 4. The van der Waals surface area contributed by atoms with Crippen LogP contribution in [-0.2, 0) is 76.8 Å². The molecule has 29 nitrogen and oxygen atoms in total. The molecule has 0 aliphatic rings. The second-order valence-corrected chi connectivity index (χ2v) is 19.3. The Labute approximate surface area is 487 Å². The number of carboxylic acid groups (broad SMARTS) is 2. The minimum Gasteiger partial charge on any atom is -0.508 e. The van der Waals surface area contributed by atoms with Crippen molar-refractivity contribution in [3.8, 4) is 5.75 Å². The summed E-state index contributed by atoms with van der Waals surface area (Å²) in [6, 6.07) is 10.5. The molecule has 0 fully saturated rings. The number of carbonyl (C=O) groups is 12. The zero-order valence-corrected chi connectivity index (χ0v) is 46.6. The first-order valence-corrected chi connectivity index (χ1v) is 26.9. The quantitative estimate of drug-likeness (QED) is 0.0112. The Balaban J connectivity index is 1.92. The number of guanidine groups is 1. The van der Waals surface area contributed by atoms with E-state index in [0.717, 1.165) is 0 Å². The van der Waals surface area contributed by atoms with Gasteiger partial charge in [0.05, 0.1) is 25.6 Å². The Kier molecular flexibility index (Phi) is 29.4. The lowest BCUT2D eigenvalue weighted by Gasteiger charge is -2.27. The normalized spacial score (nSPS) is 13.6. The van der Waals surface area contributed by atoms with Crippen LogP contribution in [0.15, 0.2) is 89.9 Å². The van der Waals surface area contributed by atoms with E-state index in [1.165, 1.54) is 24.3 Å². The first-order chi connectivity index (χ1) is 39.4. The largest absolute Gasteiger partial charge is 0.508 e. The molecule has 0 spiro atoms. The topological polar surface area (TPSA) is 490 Å². The molecule has 3 aromatic rings. The van der Waals surface area contributed by atoms with Gasteiger partial charge in [0.25, 0.3) is 0 Å². The number of phenolic OH excluding ortho intramolecular Hbond substituents is 1. The van der Waals surface area contributed by atoms with Crippen LogP contribution in [0.4, 0.5) is 0 Å². The van der Waals surface area contributed by atoms with Gasteiger partial charge in [-0.25, -0.2) is 4.79 Å². The Bertz CT molecular complexity index is 2760. The highest BCUT2D eigenvalue weighted by Gasteiger charge is 2.34. The van der Waals surface area contributed by atoms with Crippen LogP contribution in [-0.4, -0.2) is 172 Å². The van der Waals surface area contributed by atoms with Crippen molar-refractivity contribution < 1.29 is 72.9 Å². The zero-order chi connectivity index (χ0) is 61.6. The highest BCUT2D eigenvalue weighted by Crippen LogP contribution is 2.14. The van der Waals surface area contributed by atoms with Crippen LogP contribution in [0.2, 0.25) is 0 Å². The molecule has 8 atom stereocenters. The standard InChI is InChI=1S/C52H70N14O15S2/c53-32(26-82)44(73)58-24-41(69)60-34(17-18-43(71)72)46(75)62-33(12-7-19-57-52(55)56)45(74)59-25-42(70)61-35(20-28-8-3-1-4-9-28)47(76)63-36(21-29-10-5-2-6-11-29)48(77)64-37(22-30-13-15-31(67)16-14-30)49(78)66-39(27-83)50(79)65-38(51(80)81)23-40(54)68/h1-6,8-11,13-16,32-39,67,82-83H,7,12,17-27,53H2,(H2,54,68)(H,58,73)(H,59,74)(H,60,69)(H,61,70)(H,62,75)(H,63,76)(H,64,77)(H,65,79)(H,66,78)(H,71,72)(H,80,81)(H4,55,56,57)/t32-,33-,34-,35+,36-,37+,38-,39-/m0/s1. The lowest BCUT2D eigenvalue weighted by Crippen LogP contribution is -2.60. The molecule has 0 aliphatic carbocycles. The van der Waals surface area contributed by atoms with Crippen molar-refractivity contribution in [3.63, 3.8) is 0 Å². The van der Waals surface area contributed by atoms with E-state index < -0.39 is 152 Å². The van der Waals surface area contributed by atoms with E-state index in [0.29, 0.717) is 16.7 Å². The van der Waals surface area contributed by atoms with Gasteiger partial charge < -0.3 is 86.1 Å². The predicted octanol–water partition coefficient (Wildman–Crippen LogP) is -4.89. The van der Waals surface area contributed by atoms with Gasteiger partial charge >= 0.3 is 11.9 Å². The molecule has 0 saturated carbocycles. The van der Waals surface area contributed by atoms with E-state index in [1.807, 2.05) is 0 Å². The van der Waals surface area contributed by atoms with E-state index in [1.54, 1.807) is 60.7 Å². The average Bonchev–Trinajstić information content (AvgIpc) is 3.49. The summed E-state index contributed by atoms with van der Waals surface area (Å²) in [5.74, 6) is -13.2. The summed E-state index contributed by atoms with van der Waals surface area (Å²) in [6.45, 7) is -1.47. The number of nitrogens with one attached hydrogen (secondary N) is 9. The number of amides is 10. The van der Waals surface area contributed by atoms with Crippen LogP contribution >= 0.6 is 25.3 Å². The van der Waals surface area contributed by atoms with Crippen molar-refractivity contribution in [2.75, 3.05) is 31.1 Å². The van der Waals surface area contributed by atoms with Crippen molar-refractivity contribution in [2.45, 2.75) is 99.7 Å². The number of primary amides is 1. The van der Waals surface area contributed by atoms with Crippen LogP contribution < -0.4 is 70.8 Å². The Morgan fingerprint density at radius 3 is 1.35 bits per heavy atom. The molecule has 0 aliphatic heterocycles. The molecule has 0 heterocycles. The summed E-state index contributed by atoms with van der Waals surface area (Å²) in [6.07, 6.45) is -2.54. The number of carboxylic acids is 2. The average molecular weight is 1200 g/mol. The molecule has 0 saturated heterocycles. The number of aromatic hydroxyl groups is 1. The molecule has 0 aromatic heterocycles. The van der Waals surface area contributed by atoms with Crippen molar-refractivity contribution in [1.82, 2.24) is 47.9 Å². The Morgan fingerprint density at radius 1 is 0.482 bits per heavy atom. The van der Waals surface area contributed by atoms with Gasteiger partial charge in [-0.15, -0.1) is 0 Å². The SMILES string of the molecule is NC(=O)C[C@H](NC(=O)[C@H](CS)NC(=O)[C@@H](Cc1ccc(O)cc1)NC(=O)[C@H](Cc1ccccc1)NC(=O)[C@@H](Cc1ccccc1)NC(=O)CNC(=O)[C@H](CCCN=C(N)N)NC(=O)[C@H](CCC(=O)O)NC(=O)CNC(=O)[C@@H](N)CS)C(=O)O. The number of hydrogen-bond acceptors (Lipinski definition) is 17. The van der Waals surface area contributed by atoms with Gasteiger partial charge in [0.15, 0.2) is 5.96 Å². The molecular weight excluding hydrogens is 1120 g/mol. The summed E-state index contributed by atoms with van der Waals surface area (Å²) in [5.41, 5.74) is 23.1. The number of aliphatic carboxylic acids is 2. The molecule has 0 bridgehead atoms. The van der Waals surface area contributed by atoms with E-state index in [9.17, 15) is 72.9 Å². The Hall–Kier alpha value is -8.97. The molecule has 20 N–H and O–H groups in total. The van der Waals surface area contributed by atoms with Gasteiger partial charge in [-0.05, 0) is 48.1 Å². The Morgan fingerprint density at radius 2 is 0.892 bits per heavy atom.